The molecule has 0 N–H and O–H groups in total. The van der Waals surface area contributed by atoms with Crippen LogP contribution in [0.4, 0.5) is 4.79 Å². The van der Waals surface area contributed by atoms with Crippen LogP contribution in [0.1, 0.15) is 64.0 Å². The molecule has 1 aromatic rings. The molecular weight excluding hydrogens is 330 g/mol. The van der Waals surface area contributed by atoms with E-state index in [0.717, 1.165) is 24.8 Å². The minimum Gasteiger partial charge on any atom is -0.466 e. The Morgan fingerprint density at radius 3 is 2.46 bits per heavy atom. The summed E-state index contributed by atoms with van der Waals surface area (Å²) in [7, 11) is 0. The summed E-state index contributed by atoms with van der Waals surface area (Å²) < 4.78 is 10.8. The fourth-order valence-electron chi connectivity index (χ4n) is 4.26. The van der Waals surface area contributed by atoms with Crippen molar-refractivity contribution in [2.24, 2.45) is 0 Å². The molecule has 0 bridgehead atoms. The number of carbonyl (C=O) groups is 2. The molecule has 142 valence electrons. The monoisotopic (exact) mass is 359 g/mol. The van der Waals surface area contributed by atoms with Gasteiger partial charge in [0.25, 0.3) is 0 Å². The van der Waals surface area contributed by atoms with Gasteiger partial charge in [0.1, 0.15) is 5.60 Å². The minimum absolute atomic E-state index is 0.0491. The van der Waals surface area contributed by atoms with E-state index in [9.17, 15) is 9.59 Å². The summed E-state index contributed by atoms with van der Waals surface area (Å²) in [6.07, 6.45) is 2.21. The number of likely N-dealkylation sites (tertiary alicyclic amines) is 1. The third kappa shape index (κ3) is 3.57. The number of nitrogens with zero attached hydrogens (tertiary/aromatic N) is 1. The van der Waals surface area contributed by atoms with Gasteiger partial charge in [-0.1, -0.05) is 24.3 Å². The number of rotatable bonds is 2. The predicted octanol–water partition coefficient (Wildman–Crippen LogP) is 4.01. The third-order valence-electron chi connectivity index (χ3n) is 5.45. The number of carbonyl (C=O) groups excluding carboxylic acids is 2. The molecule has 0 radical (unpaired) electrons. The van der Waals surface area contributed by atoms with Gasteiger partial charge < -0.3 is 14.4 Å². The lowest BCUT2D eigenvalue weighted by molar-refractivity contribution is -0.145. The summed E-state index contributed by atoms with van der Waals surface area (Å²) >= 11 is 0. The Kier molecular flexibility index (Phi) is 5.00. The second kappa shape index (κ2) is 6.93. The largest absolute Gasteiger partial charge is 0.466 e. The molecule has 1 amide bonds. The summed E-state index contributed by atoms with van der Waals surface area (Å²) in [6, 6.07) is 8.21. The number of fused-ring (bicyclic) bond motifs is 2. The third-order valence-corrected chi connectivity index (χ3v) is 5.45. The van der Waals surface area contributed by atoms with E-state index in [-0.39, 0.29) is 23.4 Å². The number of benzene rings is 1. The van der Waals surface area contributed by atoms with Gasteiger partial charge in [0.2, 0.25) is 0 Å². The highest BCUT2D eigenvalue weighted by Crippen LogP contribution is 2.52. The average molecular weight is 359 g/mol. The second-order valence-corrected chi connectivity index (χ2v) is 8.34. The van der Waals surface area contributed by atoms with Gasteiger partial charge in [0.15, 0.2) is 0 Å². The molecule has 26 heavy (non-hydrogen) atoms. The normalized spacial score (nSPS) is 21.4. The molecule has 0 saturated carbocycles. The average Bonchev–Trinajstić information content (AvgIpc) is 2.89. The number of hydrogen-bond donors (Lipinski definition) is 0. The van der Waals surface area contributed by atoms with E-state index in [2.05, 4.69) is 6.07 Å². The Labute approximate surface area is 155 Å². The standard InChI is InChI=1S/C21H29NO4/c1-5-25-18(23)16-14-21(17-9-7-6-8-15(16)17)10-12-22(13-11-21)19(24)26-20(2,3)4/h6-9,16H,5,10-14H2,1-4H3. The van der Waals surface area contributed by atoms with Crippen molar-refractivity contribution in [3.63, 3.8) is 0 Å². The maximum absolute atomic E-state index is 12.5. The highest BCUT2D eigenvalue weighted by molar-refractivity contribution is 5.80. The molecule has 1 spiro atoms. The maximum Gasteiger partial charge on any atom is 0.410 e. The van der Waals surface area contributed by atoms with E-state index < -0.39 is 5.60 Å². The van der Waals surface area contributed by atoms with Crippen molar-refractivity contribution in [2.45, 2.75) is 63.9 Å². The van der Waals surface area contributed by atoms with Gasteiger partial charge in [-0.3, -0.25) is 4.79 Å². The van der Waals surface area contributed by atoms with Gasteiger partial charge in [-0.2, -0.15) is 0 Å². The van der Waals surface area contributed by atoms with E-state index >= 15 is 0 Å². The Bertz CT molecular complexity index is 683. The predicted molar refractivity (Wildman–Crippen MR) is 99.2 cm³/mol. The number of amides is 1. The van der Waals surface area contributed by atoms with Gasteiger partial charge in [0.05, 0.1) is 12.5 Å². The molecule has 1 aliphatic heterocycles. The Morgan fingerprint density at radius 2 is 1.85 bits per heavy atom. The Hall–Kier alpha value is -2.04. The lowest BCUT2D eigenvalue weighted by atomic mass is 9.73. The zero-order chi connectivity index (χ0) is 18.9. The molecule has 1 fully saturated rings. The molecule has 1 saturated heterocycles. The molecule has 2 aliphatic rings. The van der Waals surface area contributed by atoms with Crippen molar-refractivity contribution >= 4 is 12.1 Å². The highest BCUT2D eigenvalue weighted by atomic mass is 16.6. The molecule has 1 heterocycles. The lowest BCUT2D eigenvalue weighted by Crippen LogP contribution is -2.46. The minimum atomic E-state index is -0.485. The first-order valence-corrected chi connectivity index (χ1v) is 9.50. The van der Waals surface area contributed by atoms with Gasteiger partial charge in [-0.05, 0) is 58.1 Å². The van der Waals surface area contributed by atoms with Crippen molar-refractivity contribution in [1.29, 1.82) is 0 Å². The van der Waals surface area contributed by atoms with E-state index in [1.54, 1.807) is 4.90 Å². The number of hydrogen-bond acceptors (Lipinski definition) is 4. The van der Waals surface area contributed by atoms with Gasteiger partial charge in [0, 0.05) is 18.5 Å². The van der Waals surface area contributed by atoms with Crippen LogP contribution in [0.15, 0.2) is 24.3 Å². The van der Waals surface area contributed by atoms with Crippen LogP contribution >= 0.6 is 0 Å². The van der Waals surface area contributed by atoms with E-state index in [0.29, 0.717) is 19.7 Å². The lowest BCUT2D eigenvalue weighted by Gasteiger charge is -2.40. The maximum atomic E-state index is 12.5. The summed E-state index contributed by atoms with van der Waals surface area (Å²) in [5.41, 5.74) is 1.81. The van der Waals surface area contributed by atoms with Crippen LogP contribution in [0.5, 0.6) is 0 Å². The first-order chi connectivity index (χ1) is 12.3. The summed E-state index contributed by atoms with van der Waals surface area (Å²) in [5.74, 6) is -0.328. The van der Waals surface area contributed by atoms with E-state index in [1.165, 1.54) is 5.56 Å². The van der Waals surface area contributed by atoms with Crippen molar-refractivity contribution in [2.75, 3.05) is 19.7 Å². The SMILES string of the molecule is CCOC(=O)C1CC2(CCN(C(=O)OC(C)(C)C)CC2)c2ccccc21. The molecule has 5 nitrogen and oxygen atoms in total. The zero-order valence-electron chi connectivity index (χ0n) is 16.2. The summed E-state index contributed by atoms with van der Waals surface area (Å²) in [5, 5.41) is 0. The van der Waals surface area contributed by atoms with Crippen LogP contribution in [0.25, 0.3) is 0 Å². The fourth-order valence-corrected chi connectivity index (χ4v) is 4.26. The molecule has 3 rings (SSSR count). The smallest absolute Gasteiger partial charge is 0.410 e. The van der Waals surface area contributed by atoms with Crippen LogP contribution in [0.3, 0.4) is 0 Å². The van der Waals surface area contributed by atoms with E-state index in [1.807, 2.05) is 45.9 Å². The second-order valence-electron chi connectivity index (χ2n) is 8.34. The molecule has 5 heteroatoms. The zero-order valence-corrected chi connectivity index (χ0v) is 16.2. The summed E-state index contributed by atoms with van der Waals surface area (Å²) in [6.45, 7) is 9.19. The molecule has 1 unspecified atom stereocenters. The van der Waals surface area contributed by atoms with Crippen LogP contribution < -0.4 is 0 Å². The van der Waals surface area contributed by atoms with Crippen molar-refractivity contribution in [1.82, 2.24) is 4.90 Å². The van der Waals surface area contributed by atoms with Gasteiger partial charge >= 0.3 is 12.1 Å². The first kappa shape index (κ1) is 18.7. The van der Waals surface area contributed by atoms with Gasteiger partial charge in [-0.15, -0.1) is 0 Å². The van der Waals surface area contributed by atoms with Crippen LogP contribution in [0, 0.1) is 0 Å². The highest BCUT2D eigenvalue weighted by Gasteiger charge is 2.48. The van der Waals surface area contributed by atoms with Crippen molar-refractivity contribution < 1.29 is 19.1 Å². The fraction of sp³-hybridized carbons (Fsp3) is 0.619. The Morgan fingerprint density at radius 1 is 1.19 bits per heavy atom. The molecular formula is C21H29NO4. The molecule has 1 aliphatic carbocycles. The number of esters is 1. The van der Waals surface area contributed by atoms with Crippen LogP contribution in [-0.4, -0.2) is 42.3 Å². The quantitative estimate of drug-likeness (QED) is 0.749. The molecule has 1 aromatic carbocycles. The van der Waals surface area contributed by atoms with Crippen molar-refractivity contribution in [3.8, 4) is 0 Å². The molecule has 1 atom stereocenters. The summed E-state index contributed by atoms with van der Waals surface area (Å²) in [4.78, 5) is 26.6. The number of ether oxygens (including phenoxy) is 2. The van der Waals surface area contributed by atoms with Gasteiger partial charge in [-0.25, -0.2) is 4.79 Å². The number of piperidine rings is 1. The van der Waals surface area contributed by atoms with Crippen LogP contribution in [0.2, 0.25) is 0 Å². The Balaban J connectivity index is 1.76. The van der Waals surface area contributed by atoms with Crippen molar-refractivity contribution in [3.05, 3.63) is 35.4 Å². The molecule has 0 aromatic heterocycles. The van der Waals surface area contributed by atoms with Crippen LogP contribution in [-0.2, 0) is 19.7 Å². The topological polar surface area (TPSA) is 55.8 Å². The first-order valence-electron chi connectivity index (χ1n) is 9.50. The van der Waals surface area contributed by atoms with E-state index in [4.69, 9.17) is 9.47 Å².